The first-order chi connectivity index (χ1) is 14.8. The minimum absolute atomic E-state index is 0.0878. The van der Waals surface area contributed by atoms with Crippen LogP contribution in [0.15, 0.2) is 53.4 Å². The van der Waals surface area contributed by atoms with Crippen LogP contribution >= 0.6 is 0 Å². The van der Waals surface area contributed by atoms with E-state index in [9.17, 15) is 13.2 Å². The van der Waals surface area contributed by atoms with E-state index in [-0.39, 0.29) is 16.8 Å². The van der Waals surface area contributed by atoms with E-state index in [2.05, 4.69) is 28.7 Å². The van der Waals surface area contributed by atoms with Crippen molar-refractivity contribution in [3.8, 4) is 0 Å². The van der Waals surface area contributed by atoms with Crippen molar-refractivity contribution >= 4 is 27.3 Å². The second-order valence-electron chi connectivity index (χ2n) is 8.77. The van der Waals surface area contributed by atoms with E-state index >= 15 is 0 Å². The zero-order chi connectivity index (χ0) is 22.0. The number of anilines is 2. The van der Waals surface area contributed by atoms with E-state index in [0.29, 0.717) is 18.9 Å². The number of hydrogen-bond donors (Lipinski definition) is 1. The molecule has 0 aliphatic carbocycles. The summed E-state index contributed by atoms with van der Waals surface area (Å²) in [7, 11) is -3.66. The number of benzene rings is 2. The van der Waals surface area contributed by atoms with Crippen LogP contribution in [0.4, 0.5) is 11.4 Å². The van der Waals surface area contributed by atoms with Gasteiger partial charge in [0, 0.05) is 43.5 Å². The summed E-state index contributed by atoms with van der Waals surface area (Å²) in [5.41, 5.74) is 2.87. The molecule has 1 N–H and O–H groups in total. The highest BCUT2D eigenvalue weighted by molar-refractivity contribution is 7.89. The molecule has 7 heteroatoms. The molecule has 0 spiro atoms. The Balaban J connectivity index is 1.42. The highest BCUT2D eigenvalue weighted by atomic mass is 32.2. The van der Waals surface area contributed by atoms with Crippen molar-refractivity contribution in [2.75, 3.05) is 29.4 Å². The van der Waals surface area contributed by atoms with Crippen LogP contribution in [0, 0.1) is 5.92 Å². The SMILES string of the molecule is C[C@H]1CCCN(c2ccc([C@H](C)NS(=O)(=O)c3ccc(N4CCCC4=O)cc3)cc2)C1. The fraction of sp³-hybridized carbons (Fsp3) is 0.458. The molecule has 2 saturated heterocycles. The quantitative estimate of drug-likeness (QED) is 0.733. The summed E-state index contributed by atoms with van der Waals surface area (Å²) in [6, 6.07) is 14.4. The van der Waals surface area contributed by atoms with Gasteiger partial charge in [-0.05, 0) is 74.1 Å². The van der Waals surface area contributed by atoms with Crippen LogP contribution in [0.1, 0.15) is 51.1 Å². The molecule has 4 rings (SSSR count). The van der Waals surface area contributed by atoms with Gasteiger partial charge in [-0.25, -0.2) is 13.1 Å². The fourth-order valence-corrected chi connectivity index (χ4v) is 5.72. The van der Waals surface area contributed by atoms with Crippen molar-refractivity contribution in [1.82, 2.24) is 4.72 Å². The Morgan fingerprint density at radius 2 is 1.65 bits per heavy atom. The van der Waals surface area contributed by atoms with Crippen molar-refractivity contribution in [3.63, 3.8) is 0 Å². The van der Waals surface area contributed by atoms with Crippen molar-refractivity contribution < 1.29 is 13.2 Å². The molecule has 1 amide bonds. The maximum Gasteiger partial charge on any atom is 0.241 e. The number of amides is 1. The summed E-state index contributed by atoms with van der Waals surface area (Å²) in [6.07, 6.45) is 3.88. The predicted octanol–water partition coefficient (Wildman–Crippen LogP) is 4.09. The van der Waals surface area contributed by atoms with Crippen molar-refractivity contribution in [3.05, 3.63) is 54.1 Å². The molecule has 0 bridgehead atoms. The summed E-state index contributed by atoms with van der Waals surface area (Å²) in [5, 5.41) is 0. The van der Waals surface area contributed by atoms with Gasteiger partial charge in [0.25, 0.3) is 0 Å². The zero-order valence-corrected chi connectivity index (χ0v) is 19.1. The largest absolute Gasteiger partial charge is 0.371 e. The van der Waals surface area contributed by atoms with E-state index < -0.39 is 10.0 Å². The first-order valence-corrected chi connectivity index (χ1v) is 12.6. The minimum Gasteiger partial charge on any atom is -0.371 e. The lowest BCUT2D eigenvalue weighted by molar-refractivity contribution is -0.117. The molecule has 2 aliphatic heterocycles. The summed E-state index contributed by atoms with van der Waals surface area (Å²) < 4.78 is 28.5. The van der Waals surface area contributed by atoms with Gasteiger partial charge in [-0.1, -0.05) is 19.1 Å². The maximum absolute atomic E-state index is 12.9. The first-order valence-electron chi connectivity index (χ1n) is 11.1. The highest BCUT2D eigenvalue weighted by Crippen LogP contribution is 2.26. The summed E-state index contributed by atoms with van der Waals surface area (Å²) >= 11 is 0. The highest BCUT2D eigenvalue weighted by Gasteiger charge is 2.23. The lowest BCUT2D eigenvalue weighted by Crippen LogP contribution is -2.34. The molecule has 2 aromatic carbocycles. The number of carbonyl (C=O) groups is 1. The monoisotopic (exact) mass is 441 g/mol. The molecular formula is C24H31N3O3S. The average molecular weight is 442 g/mol. The van der Waals surface area contributed by atoms with Gasteiger partial charge >= 0.3 is 0 Å². The number of rotatable bonds is 6. The first kappa shape index (κ1) is 21.8. The van der Waals surface area contributed by atoms with Gasteiger partial charge in [0.05, 0.1) is 4.90 Å². The maximum atomic E-state index is 12.9. The minimum atomic E-state index is -3.66. The van der Waals surface area contributed by atoms with Gasteiger partial charge in [0.2, 0.25) is 15.9 Å². The molecule has 2 fully saturated rings. The molecule has 2 heterocycles. The van der Waals surface area contributed by atoms with Crippen LogP contribution in [-0.2, 0) is 14.8 Å². The Morgan fingerprint density at radius 3 is 2.26 bits per heavy atom. The molecular weight excluding hydrogens is 410 g/mol. The Hall–Kier alpha value is -2.38. The van der Waals surface area contributed by atoms with Gasteiger partial charge in [0.15, 0.2) is 0 Å². The zero-order valence-electron chi connectivity index (χ0n) is 18.3. The van der Waals surface area contributed by atoms with Crippen LogP contribution in [0.3, 0.4) is 0 Å². The van der Waals surface area contributed by atoms with E-state index in [1.54, 1.807) is 29.2 Å². The third-order valence-corrected chi connectivity index (χ3v) is 7.84. The summed E-state index contributed by atoms with van der Waals surface area (Å²) in [6.45, 7) is 6.97. The second kappa shape index (κ2) is 9.01. The van der Waals surface area contributed by atoms with Gasteiger partial charge in [-0.3, -0.25) is 4.79 Å². The van der Waals surface area contributed by atoms with Crippen LogP contribution in [0.2, 0.25) is 0 Å². The van der Waals surface area contributed by atoms with E-state index in [4.69, 9.17) is 0 Å². The number of nitrogens with one attached hydrogen (secondary N) is 1. The van der Waals surface area contributed by atoms with Crippen LogP contribution in [0.5, 0.6) is 0 Å². The Kier molecular flexibility index (Phi) is 6.34. The number of carbonyl (C=O) groups excluding carboxylic acids is 1. The third-order valence-electron chi connectivity index (χ3n) is 6.28. The Morgan fingerprint density at radius 1 is 0.968 bits per heavy atom. The van der Waals surface area contributed by atoms with Crippen molar-refractivity contribution in [1.29, 1.82) is 0 Å². The molecule has 0 aromatic heterocycles. The number of nitrogens with zero attached hydrogens (tertiary/aromatic N) is 2. The average Bonchev–Trinajstić information content (AvgIpc) is 3.19. The molecule has 2 atom stereocenters. The van der Waals surface area contributed by atoms with Gasteiger partial charge < -0.3 is 9.80 Å². The summed E-state index contributed by atoms with van der Waals surface area (Å²) in [4.78, 5) is 16.2. The molecule has 0 radical (unpaired) electrons. The topological polar surface area (TPSA) is 69.7 Å². The summed E-state index contributed by atoms with van der Waals surface area (Å²) in [5.74, 6) is 0.791. The molecule has 0 unspecified atom stereocenters. The lowest BCUT2D eigenvalue weighted by Gasteiger charge is -2.33. The fourth-order valence-electron chi connectivity index (χ4n) is 4.49. The molecule has 166 valence electrons. The van der Waals surface area contributed by atoms with E-state index in [1.165, 1.54) is 18.5 Å². The van der Waals surface area contributed by atoms with Crippen molar-refractivity contribution in [2.45, 2.75) is 50.5 Å². The molecule has 2 aromatic rings. The number of sulfonamides is 1. The van der Waals surface area contributed by atoms with E-state index in [0.717, 1.165) is 30.8 Å². The molecule has 6 nitrogen and oxygen atoms in total. The number of hydrogen-bond acceptors (Lipinski definition) is 4. The predicted molar refractivity (Wildman–Crippen MR) is 124 cm³/mol. The second-order valence-corrected chi connectivity index (χ2v) is 10.5. The van der Waals surface area contributed by atoms with Crippen LogP contribution in [0.25, 0.3) is 0 Å². The lowest BCUT2D eigenvalue weighted by atomic mass is 9.99. The standard InChI is InChI=1S/C24H31N3O3S/c1-18-5-3-15-26(17-18)21-9-7-20(8-10-21)19(2)25-31(29,30)23-13-11-22(12-14-23)27-16-4-6-24(27)28/h7-14,18-19,25H,3-6,15-17H2,1-2H3/t18-,19-/m0/s1. The third kappa shape index (κ3) is 4.93. The Labute approximate surface area is 185 Å². The number of piperidine rings is 1. The van der Waals surface area contributed by atoms with Gasteiger partial charge in [0.1, 0.15) is 0 Å². The normalized spacial score (nSPS) is 20.8. The molecule has 2 aliphatic rings. The Bertz CT molecular complexity index is 1020. The smallest absolute Gasteiger partial charge is 0.241 e. The van der Waals surface area contributed by atoms with Crippen LogP contribution < -0.4 is 14.5 Å². The van der Waals surface area contributed by atoms with Gasteiger partial charge in [-0.2, -0.15) is 0 Å². The van der Waals surface area contributed by atoms with E-state index in [1.807, 2.05) is 19.1 Å². The molecule has 0 saturated carbocycles. The molecule has 31 heavy (non-hydrogen) atoms. The van der Waals surface area contributed by atoms with Gasteiger partial charge in [-0.15, -0.1) is 0 Å². The van der Waals surface area contributed by atoms with Crippen molar-refractivity contribution in [2.24, 2.45) is 5.92 Å². The van der Waals surface area contributed by atoms with Crippen LogP contribution in [-0.4, -0.2) is 34.0 Å².